The first kappa shape index (κ1) is 11.3. The smallest absolute Gasteiger partial charge is 0.338 e. The average molecular weight is 216 g/mol. The van der Waals surface area contributed by atoms with Crippen LogP contribution in [0.2, 0.25) is 0 Å². The monoisotopic (exact) mass is 216 g/mol. The van der Waals surface area contributed by atoms with Gasteiger partial charge in [0.1, 0.15) is 5.82 Å². The number of hydrogen-bond acceptors (Lipinski definition) is 1. The van der Waals surface area contributed by atoms with Gasteiger partial charge in [-0.3, -0.25) is 0 Å². The summed E-state index contributed by atoms with van der Waals surface area (Å²) >= 11 is 0. The fraction of sp³-hybridized carbons (Fsp3) is 0.100. The maximum Gasteiger partial charge on any atom is 0.338 e. The van der Waals surface area contributed by atoms with E-state index in [1.54, 1.807) is 0 Å². The van der Waals surface area contributed by atoms with Gasteiger partial charge in [-0.1, -0.05) is 6.08 Å². The zero-order valence-electron chi connectivity index (χ0n) is 7.56. The quantitative estimate of drug-likeness (QED) is 0.622. The number of carboxylic acids is 1. The Morgan fingerprint density at radius 3 is 2.47 bits per heavy atom. The average Bonchev–Trinajstić information content (AvgIpc) is 2.18. The minimum atomic E-state index is -1.64. The lowest BCUT2D eigenvalue weighted by Crippen LogP contribution is -2.08. The zero-order valence-corrected chi connectivity index (χ0v) is 7.56. The molecular formula is C10H7F3O2. The molecule has 0 aliphatic carbocycles. The third kappa shape index (κ3) is 2.01. The Hall–Kier alpha value is -1.78. The molecule has 0 saturated carbocycles. The van der Waals surface area contributed by atoms with Crippen LogP contribution in [0.1, 0.15) is 15.9 Å². The van der Waals surface area contributed by atoms with E-state index in [1.807, 2.05) is 0 Å². The predicted octanol–water partition coefficient (Wildman–Crippen LogP) is 2.53. The van der Waals surface area contributed by atoms with Crippen LogP contribution in [-0.4, -0.2) is 11.1 Å². The lowest BCUT2D eigenvalue weighted by molar-refractivity contribution is 0.0690. The Morgan fingerprint density at radius 1 is 1.40 bits per heavy atom. The van der Waals surface area contributed by atoms with E-state index in [1.165, 1.54) is 0 Å². The molecule has 2 nitrogen and oxygen atoms in total. The van der Waals surface area contributed by atoms with Crippen LogP contribution in [0.3, 0.4) is 0 Å². The fourth-order valence-corrected chi connectivity index (χ4v) is 1.14. The second-order valence-electron chi connectivity index (χ2n) is 2.81. The van der Waals surface area contributed by atoms with Gasteiger partial charge in [0.25, 0.3) is 0 Å². The van der Waals surface area contributed by atoms with E-state index in [2.05, 4.69) is 6.58 Å². The van der Waals surface area contributed by atoms with Crippen molar-refractivity contribution in [3.63, 3.8) is 0 Å². The maximum absolute atomic E-state index is 13.3. The molecule has 80 valence electrons. The number of benzene rings is 1. The maximum atomic E-state index is 13.3. The van der Waals surface area contributed by atoms with Crippen LogP contribution < -0.4 is 0 Å². The molecule has 0 spiro atoms. The normalized spacial score (nSPS) is 10.1. The SMILES string of the molecule is C=CCc1c(F)c(F)cc(C(=O)O)c1F. The molecule has 1 aromatic rings. The third-order valence-corrected chi connectivity index (χ3v) is 1.83. The van der Waals surface area contributed by atoms with E-state index in [0.717, 1.165) is 6.08 Å². The summed E-state index contributed by atoms with van der Waals surface area (Å²) in [5.74, 6) is -5.67. The summed E-state index contributed by atoms with van der Waals surface area (Å²) in [7, 11) is 0. The fourth-order valence-electron chi connectivity index (χ4n) is 1.14. The summed E-state index contributed by atoms with van der Waals surface area (Å²) in [4.78, 5) is 10.5. The first-order valence-electron chi connectivity index (χ1n) is 3.99. The Bertz CT molecular complexity index is 427. The molecular weight excluding hydrogens is 209 g/mol. The first-order chi connectivity index (χ1) is 6.99. The molecule has 0 fully saturated rings. The van der Waals surface area contributed by atoms with Crippen LogP contribution in [0, 0.1) is 17.5 Å². The van der Waals surface area contributed by atoms with E-state index in [-0.39, 0.29) is 6.42 Å². The molecule has 0 amide bonds. The van der Waals surface area contributed by atoms with Crippen molar-refractivity contribution in [2.24, 2.45) is 0 Å². The van der Waals surface area contributed by atoms with Crippen LogP contribution in [-0.2, 0) is 6.42 Å². The molecule has 0 saturated heterocycles. The number of rotatable bonds is 3. The number of carboxylic acid groups (broad SMARTS) is 1. The summed E-state index contributed by atoms with van der Waals surface area (Å²) in [6.07, 6.45) is 0.891. The summed E-state index contributed by atoms with van der Waals surface area (Å²) in [5.41, 5.74) is -1.51. The number of aromatic carboxylic acids is 1. The number of halogens is 3. The molecule has 0 bridgehead atoms. The minimum absolute atomic E-state index is 0.268. The van der Waals surface area contributed by atoms with Gasteiger partial charge in [-0.05, 0) is 12.5 Å². The summed E-state index contributed by atoms with van der Waals surface area (Å²) < 4.78 is 39.2. The second kappa shape index (κ2) is 4.16. The standard InChI is InChI=1S/C10H7F3O2/c1-2-3-5-8(12)6(10(14)15)4-7(11)9(5)13/h2,4H,1,3H2,(H,14,15). The summed E-state index contributed by atoms with van der Waals surface area (Å²) in [6, 6.07) is 0.319. The molecule has 0 atom stereocenters. The van der Waals surface area contributed by atoms with Crippen molar-refractivity contribution in [2.45, 2.75) is 6.42 Å². The molecule has 0 aliphatic heterocycles. The van der Waals surface area contributed by atoms with Gasteiger partial charge in [0.2, 0.25) is 0 Å². The highest BCUT2D eigenvalue weighted by molar-refractivity contribution is 5.88. The highest BCUT2D eigenvalue weighted by Crippen LogP contribution is 2.21. The zero-order chi connectivity index (χ0) is 11.6. The highest BCUT2D eigenvalue weighted by atomic mass is 19.2. The van der Waals surface area contributed by atoms with Crippen molar-refractivity contribution < 1.29 is 23.1 Å². The van der Waals surface area contributed by atoms with Gasteiger partial charge in [0.15, 0.2) is 11.6 Å². The largest absolute Gasteiger partial charge is 0.478 e. The molecule has 0 aromatic heterocycles. The molecule has 0 unspecified atom stereocenters. The Labute approximate surface area is 83.7 Å². The van der Waals surface area contributed by atoms with Gasteiger partial charge in [0, 0.05) is 5.56 Å². The Kier molecular flexibility index (Phi) is 3.14. The Morgan fingerprint density at radius 2 is 2.00 bits per heavy atom. The number of carbonyl (C=O) groups is 1. The molecule has 1 N–H and O–H groups in total. The van der Waals surface area contributed by atoms with E-state index < -0.39 is 34.5 Å². The summed E-state index contributed by atoms with van der Waals surface area (Å²) in [5, 5.41) is 8.52. The van der Waals surface area contributed by atoms with Gasteiger partial charge < -0.3 is 5.11 Å². The van der Waals surface area contributed by atoms with Crippen molar-refractivity contribution in [1.29, 1.82) is 0 Å². The molecule has 0 aliphatic rings. The van der Waals surface area contributed by atoms with Crippen LogP contribution in [0.25, 0.3) is 0 Å². The van der Waals surface area contributed by atoms with Gasteiger partial charge in [-0.25, -0.2) is 18.0 Å². The van der Waals surface area contributed by atoms with Crippen molar-refractivity contribution in [2.75, 3.05) is 0 Å². The molecule has 15 heavy (non-hydrogen) atoms. The highest BCUT2D eigenvalue weighted by Gasteiger charge is 2.21. The van der Waals surface area contributed by atoms with Crippen molar-refractivity contribution in [3.05, 3.63) is 47.3 Å². The van der Waals surface area contributed by atoms with Gasteiger partial charge in [-0.2, -0.15) is 0 Å². The minimum Gasteiger partial charge on any atom is -0.478 e. The van der Waals surface area contributed by atoms with Crippen molar-refractivity contribution >= 4 is 5.97 Å². The van der Waals surface area contributed by atoms with E-state index in [0.29, 0.717) is 6.07 Å². The Balaban J connectivity index is 3.48. The molecule has 0 radical (unpaired) electrons. The summed E-state index contributed by atoms with van der Waals surface area (Å²) in [6.45, 7) is 3.24. The molecule has 0 heterocycles. The first-order valence-corrected chi connectivity index (χ1v) is 3.99. The van der Waals surface area contributed by atoms with Crippen LogP contribution in [0.4, 0.5) is 13.2 Å². The van der Waals surface area contributed by atoms with Crippen molar-refractivity contribution in [1.82, 2.24) is 0 Å². The van der Waals surface area contributed by atoms with Crippen LogP contribution >= 0.6 is 0 Å². The van der Waals surface area contributed by atoms with E-state index in [9.17, 15) is 18.0 Å². The number of allylic oxidation sites excluding steroid dienone is 1. The topological polar surface area (TPSA) is 37.3 Å². The van der Waals surface area contributed by atoms with Gasteiger partial charge in [-0.15, -0.1) is 6.58 Å². The van der Waals surface area contributed by atoms with Crippen molar-refractivity contribution in [3.8, 4) is 0 Å². The van der Waals surface area contributed by atoms with E-state index in [4.69, 9.17) is 5.11 Å². The predicted molar refractivity (Wildman–Crippen MR) is 47.2 cm³/mol. The number of hydrogen-bond donors (Lipinski definition) is 1. The molecule has 1 rings (SSSR count). The lowest BCUT2D eigenvalue weighted by Gasteiger charge is -2.06. The second-order valence-corrected chi connectivity index (χ2v) is 2.81. The third-order valence-electron chi connectivity index (χ3n) is 1.83. The van der Waals surface area contributed by atoms with Gasteiger partial charge in [0.05, 0.1) is 5.56 Å². The molecule has 1 aromatic carbocycles. The van der Waals surface area contributed by atoms with Crippen LogP contribution in [0.15, 0.2) is 18.7 Å². The molecule has 5 heteroatoms. The van der Waals surface area contributed by atoms with Gasteiger partial charge >= 0.3 is 5.97 Å². The van der Waals surface area contributed by atoms with E-state index >= 15 is 0 Å². The van der Waals surface area contributed by atoms with Crippen LogP contribution in [0.5, 0.6) is 0 Å². The lowest BCUT2D eigenvalue weighted by atomic mass is 10.1.